The highest BCUT2D eigenvalue weighted by atomic mass is 16.5. The van der Waals surface area contributed by atoms with E-state index in [-0.39, 0.29) is 13.2 Å². The molecule has 0 spiro atoms. The number of hydrogen-bond acceptors (Lipinski definition) is 6. The van der Waals surface area contributed by atoms with Gasteiger partial charge in [0.2, 0.25) is 0 Å². The van der Waals surface area contributed by atoms with Gasteiger partial charge in [-0.15, -0.1) is 0 Å². The van der Waals surface area contributed by atoms with Gasteiger partial charge in [-0.2, -0.15) is 0 Å². The first-order valence-corrected chi connectivity index (χ1v) is 15.6. The number of phenols is 1. The van der Waals surface area contributed by atoms with E-state index < -0.39 is 11.9 Å². The first kappa shape index (κ1) is 33.5. The molecule has 0 aliphatic heterocycles. The zero-order chi connectivity index (χ0) is 34.2. The zero-order valence-corrected chi connectivity index (χ0v) is 27.1. The van der Waals surface area contributed by atoms with Gasteiger partial charge >= 0.3 is 11.9 Å². The lowest BCUT2D eigenvalue weighted by Crippen LogP contribution is -2.10. The third-order valence-electron chi connectivity index (χ3n) is 8.01. The number of rotatable bonds is 4. The molecule has 2 aliphatic carbocycles. The standard InChI is InChI=1S/C25H22O4.C17H14O2/c1-16(2)24(26)28-13-5-6-18-7-11-22-19(14-18)8-9-20-15-21(10-12-23(20)22)29-25(27)17(3)4;18-9-1-2-12-3-7-16-13(10-12)4-5-14-11-15(19)6-8-17(14)16/h7,10-12,14-15H,1,3,8-9,13H2,2,4H3;3,6-8,10-11,18-19H,4-5,9H2. The molecule has 0 radical (unpaired) electrons. The molecule has 0 fully saturated rings. The Labute approximate surface area is 281 Å². The Kier molecular flexibility index (Phi) is 10.6. The average molecular weight is 637 g/mol. The number of phenolic OH excluding ortho intramolecular Hbond substituents is 1. The van der Waals surface area contributed by atoms with Gasteiger partial charge in [0.25, 0.3) is 0 Å². The molecule has 0 unspecified atom stereocenters. The maximum Gasteiger partial charge on any atom is 0.338 e. The summed E-state index contributed by atoms with van der Waals surface area (Å²) in [7, 11) is 0. The van der Waals surface area contributed by atoms with E-state index in [1.165, 1.54) is 27.8 Å². The third kappa shape index (κ3) is 8.12. The summed E-state index contributed by atoms with van der Waals surface area (Å²) in [4.78, 5) is 23.1. The van der Waals surface area contributed by atoms with Gasteiger partial charge in [-0.3, -0.25) is 0 Å². The molecule has 0 atom stereocenters. The predicted octanol–water partition coefficient (Wildman–Crippen LogP) is 6.91. The van der Waals surface area contributed by atoms with Crippen molar-refractivity contribution in [2.24, 2.45) is 0 Å². The fourth-order valence-corrected chi connectivity index (χ4v) is 5.67. The summed E-state index contributed by atoms with van der Waals surface area (Å²) in [6, 6.07) is 23.5. The molecular formula is C42H36O6. The summed E-state index contributed by atoms with van der Waals surface area (Å²) in [6.07, 6.45) is 3.63. The minimum absolute atomic E-state index is 0.0390. The van der Waals surface area contributed by atoms with Crippen LogP contribution in [0.1, 0.15) is 47.2 Å². The van der Waals surface area contributed by atoms with Crippen molar-refractivity contribution in [3.8, 4) is 57.4 Å². The highest BCUT2D eigenvalue weighted by Gasteiger charge is 2.18. The van der Waals surface area contributed by atoms with Crippen LogP contribution in [0.25, 0.3) is 22.3 Å². The van der Waals surface area contributed by atoms with Crippen LogP contribution in [0.5, 0.6) is 11.5 Å². The fourth-order valence-electron chi connectivity index (χ4n) is 5.67. The summed E-state index contributed by atoms with van der Waals surface area (Å²) in [6.45, 7) is 10.3. The number of carbonyl (C=O) groups is 2. The summed E-state index contributed by atoms with van der Waals surface area (Å²) in [5.74, 6) is 11.5. The second-order valence-electron chi connectivity index (χ2n) is 11.7. The van der Waals surface area contributed by atoms with E-state index in [1.807, 2.05) is 36.4 Å². The van der Waals surface area contributed by atoms with Crippen LogP contribution in [0.15, 0.2) is 97.1 Å². The van der Waals surface area contributed by atoms with Crippen LogP contribution in [0.4, 0.5) is 0 Å². The Morgan fingerprint density at radius 3 is 1.69 bits per heavy atom. The number of aliphatic hydroxyl groups excluding tert-OH is 1. The van der Waals surface area contributed by atoms with Gasteiger partial charge < -0.3 is 19.7 Å². The van der Waals surface area contributed by atoms with E-state index in [4.69, 9.17) is 14.6 Å². The van der Waals surface area contributed by atoms with Crippen molar-refractivity contribution in [3.63, 3.8) is 0 Å². The molecule has 240 valence electrons. The molecule has 2 aliphatic rings. The summed E-state index contributed by atoms with van der Waals surface area (Å²) in [5, 5.41) is 18.3. The molecule has 6 rings (SSSR count). The molecule has 0 amide bonds. The van der Waals surface area contributed by atoms with Gasteiger partial charge in [-0.25, -0.2) is 9.59 Å². The van der Waals surface area contributed by atoms with Crippen LogP contribution in [0.3, 0.4) is 0 Å². The number of carbonyl (C=O) groups excluding carboxylic acids is 2. The lowest BCUT2D eigenvalue weighted by molar-refractivity contribution is -0.137. The molecule has 0 bridgehead atoms. The van der Waals surface area contributed by atoms with Gasteiger partial charge in [-0.05, 0) is 133 Å². The van der Waals surface area contributed by atoms with Crippen LogP contribution in [-0.4, -0.2) is 35.4 Å². The van der Waals surface area contributed by atoms with Crippen molar-refractivity contribution in [2.45, 2.75) is 39.5 Å². The molecule has 2 N–H and O–H groups in total. The molecule has 6 heteroatoms. The molecule has 0 saturated carbocycles. The Hall–Kier alpha value is -5.82. The number of aliphatic hydroxyl groups is 1. The molecule has 0 heterocycles. The number of hydrogen-bond donors (Lipinski definition) is 2. The van der Waals surface area contributed by atoms with Gasteiger partial charge in [0, 0.05) is 22.3 Å². The Morgan fingerprint density at radius 1 is 0.667 bits per heavy atom. The number of aryl methyl sites for hydroxylation is 4. The highest BCUT2D eigenvalue weighted by Crippen LogP contribution is 2.37. The molecule has 0 saturated heterocycles. The Balaban J connectivity index is 0.000000204. The van der Waals surface area contributed by atoms with Gasteiger partial charge in [0.15, 0.2) is 6.61 Å². The van der Waals surface area contributed by atoms with Gasteiger partial charge in [0.05, 0.1) is 0 Å². The zero-order valence-electron chi connectivity index (χ0n) is 27.1. The smallest absolute Gasteiger partial charge is 0.338 e. The van der Waals surface area contributed by atoms with Crippen molar-refractivity contribution >= 4 is 11.9 Å². The van der Waals surface area contributed by atoms with Crippen molar-refractivity contribution in [2.75, 3.05) is 13.2 Å². The molecule has 6 nitrogen and oxygen atoms in total. The Morgan fingerprint density at radius 2 is 1.15 bits per heavy atom. The number of esters is 2. The molecule has 48 heavy (non-hydrogen) atoms. The lowest BCUT2D eigenvalue weighted by Gasteiger charge is -2.20. The van der Waals surface area contributed by atoms with E-state index >= 15 is 0 Å². The first-order valence-electron chi connectivity index (χ1n) is 15.6. The molecule has 4 aromatic rings. The van der Waals surface area contributed by atoms with E-state index in [9.17, 15) is 14.7 Å². The topological polar surface area (TPSA) is 93.1 Å². The van der Waals surface area contributed by atoms with Crippen molar-refractivity contribution in [1.82, 2.24) is 0 Å². The summed E-state index contributed by atoms with van der Waals surface area (Å²) < 4.78 is 10.3. The number of benzene rings is 4. The lowest BCUT2D eigenvalue weighted by atomic mass is 9.85. The van der Waals surface area contributed by atoms with Gasteiger partial charge in [-0.1, -0.05) is 61.1 Å². The Bertz CT molecular complexity index is 2060. The third-order valence-corrected chi connectivity index (χ3v) is 8.01. The maximum absolute atomic E-state index is 11.7. The predicted molar refractivity (Wildman–Crippen MR) is 187 cm³/mol. The van der Waals surface area contributed by atoms with E-state index in [1.54, 1.807) is 26.0 Å². The van der Waals surface area contributed by atoms with Crippen LogP contribution in [0.2, 0.25) is 0 Å². The molecule has 0 aromatic heterocycles. The van der Waals surface area contributed by atoms with E-state index in [2.05, 4.69) is 61.1 Å². The second kappa shape index (κ2) is 15.2. The summed E-state index contributed by atoms with van der Waals surface area (Å²) in [5.41, 5.74) is 12.1. The number of aromatic hydroxyl groups is 1. The van der Waals surface area contributed by atoms with Crippen molar-refractivity contribution < 1.29 is 29.3 Å². The average Bonchev–Trinajstić information content (AvgIpc) is 3.08. The maximum atomic E-state index is 11.7. The second-order valence-corrected chi connectivity index (χ2v) is 11.7. The minimum Gasteiger partial charge on any atom is -0.508 e. The fraction of sp³-hybridized carbons (Fsp3) is 0.190. The molecular weight excluding hydrogens is 600 g/mol. The first-order chi connectivity index (χ1) is 23.1. The largest absolute Gasteiger partial charge is 0.508 e. The number of ether oxygens (including phenoxy) is 2. The van der Waals surface area contributed by atoms with Crippen LogP contribution in [-0.2, 0) is 40.0 Å². The van der Waals surface area contributed by atoms with Crippen LogP contribution >= 0.6 is 0 Å². The quantitative estimate of drug-likeness (QED) is 0.110. The van der Waals surface area contributed by atoms with Crippen LogP contribution < -0.4 is 4.74 Å². The van der Waals surface area contributed by atoms with E-state index in [0.29, 0.717) is 22.6 Å². The number of fused-ring (bicyclic) bond motifs is 6. The monoisotopic (exact) mass is 636 g/mol. The minimum atomic E-state index is -0.436. The highest BCUT2D eigenvalue weighted by molar-refractivity contribution is 5.89. The summed E-state index contributed by atoms with van der Waals surface area (Å²) >= 11 is 0. The normalized spacial score (nSPS) is 11.6. The van der Waals surface area contributed by atoms with Crippen LogP contribution in [0, 0.1) is 23.7 Å². The van der Waals surface area contributed by atoms with Crippen molar-refractivity contribution in [1.29, 1.82) is 0 Å². The SMILES string of the molecule is C=C(C)C(=O)OCC#Cc1ccc2c(c1)CCc1cc(OC(=O)C(=C)C)ccc1-2.OCC#Cc1ccc2c(c1)CCc1cc(O)ccc1-2. The van der Waals surface area contributed by atoms with Gasteiger partial charge in [0.1, 0.15) is 18.1 Å². The molecule has 4 aromatic carbocycles. The van der Waals surface area contributed by atoms with E-state index in [0.717, 1.165) is 53.5 Å². The van der Waals surface area contributed by atoms with Crippen molar-refractivity contribution in [3.05, 3.63) is 130 Å².